The molecule has 7 heteroatoms. The molecule has 1 aliphatic rings. The van der Waals surface area contributed by atoms with Gasteiger partial charge in [0.05, 0.1) is 23.4 Å². The zero-order chi connectivity index (χ0) is 18.9. The van der Waals surface area contributed by atoms with Crippen molar-refractivity contribution in [3.05, 3.63) is 41.3 Å². The number of rotatable bonds is 4. The van der Waals surface area contributed by atoms with Crippen molar-refractivity contribution in [1.29, 1.82) is 0 Å². The number of likely N-dealkylation sites (tertiary alicyclic amines) is 1. The number of carbonyl (C=O) groups is 2. The lowest BCUT2D eigenvalue weighted by Crippen LogP contribution is -2.52. The average Bonchev–Trinajstić information content (AvgIpc) is 2.61. The van der Waals surface area contributed by atoms with E-state index < -0.39 is 11.4 Å². The van der Waals surface area contributed by atoms with Crippen molar-refractivity contribution in [2.24, 2.45) is 5.41 Å². The molecule has 0 spiro atoms. The Kier molecular flexibility index (Phi) is 4.91. The Balaban J connectivity index is 1.93. The number of benzene rings is 1. The summed E-state index contributed by atoms with van der Waals surface area (Å²) < 4.78 is 18.5. The van der Waals surface area contributed by atoms with Crippen LogP contribution in [0.3, 0.4) is 0 Å². The van der Waals surface area contributed by atoms with Crippen LogP contribution in [-0.2, 0) is 9.53 Å². The van der Waals surface area contributed by atoms with Gasteiger partial charge in [-0.1, -0.05) is 0 Å². The highest BCUT2D eigenvalue weighted by atomic mass is 19.1. The van der Waals surface area contributed by atoms with Crippen molar-refractivity contribution < 1.29 is 23.8 Å². The van der Waals surface area contributed by atoms with Gasteiger partial charge in [0.25, 0.3) is 5.91 Å². The summed E-state index contributed by atoms with van der Waals surface area (Å²) in [4.78, 5) is 30.7. The zero-order valence-corrected chi connectivity index (χ0v) is 14.8. The molecule has 1 amide bonds. The number of halogens is 1. The third-order valence-electron chi connectivity index (χ3n) is 4.94. The molecule has 1 saturated heterocycles. The molecule has 1 N–H and O–H groups in total. The SMILES string of the molecule is COCC1(C(=O)O)CCCN(C(=O)c2cc3ccc(F)cc3nc2C)C1. The fourth-order valence-electron chi connectivity index (χ4n) is 3.56. The fraction of sp³-hybridized carbons (Fsp3) is 0.421. The summed E-state index contributed by atoms with van der Waals surface area (Å²) >= 11 is 0. The molecule has 0 bridgehead atoms. The molecule has 2 aromatic rings. The van der Waals surface area contributed by atoms with E-state index >= 15 is 0 Å². The van der Waals surface area contributed by atoms with E-state index in [4.69, 9.17) is 4.74 Å². The molecule has 0 aliphatic carbocycles. The quantitative estimate of drug-likeness (QED) is 0.907. The molecule has 1 fully saturated rings. The smallest absolute Gasteiger partial charge is 0.313 e. The maximum atomic E-state index is 13.4. The summed E-state index contributed by atoms with van der Waals surface area (Å²) in [5.41, 5.74) is 0.287. The number of aryl methyl sites for hydroxylation is 1. The van der Waals surface area contributed by atoms with Crippen molar-refractivity contribution in [1.82, 2.24) is 9.88 Å². The van der Waals surface area contributed by atoms with Crippen molar-refractivity contribution in [2.45, 2.75) is 19.8 Å². The first-order chi connectivity index (χ1) is 12.4. The summed E-state index contributed by atoms with van der Waals surface area (Å²) in [6.45, 7) is 2.33. The highest BCUT2D eigenvalue weighted by molar-refractivity contribution is 5.99. The lowest BCUT2D eigenvalue weighted by atomic mass is 9.80. The van der Waals surface area contributed by atoms with E-state index in [0.717, 1.165) is 0 Å². The van der Waals surface area contributed by atoms with Gasteiger partial charge >= 0.3 is 5.97 Å². The fourth-order valence-corrected chi connectivity index (χ4v) is 3.56. The number of nitrogens with zero attached hydrogens (tertiary/aromatic N) is 2. The Labute approximate surface area is 150 Å². The normalized spacial score (nSPS) is 20.3. The van der Waals surface area contributed by atoms with E-state index in [-0.39, 0.29) is 24.9 Å². The van der Waals surface area contributed by atoms with Crippen LogP contribution < -0.4 is 0 Å². The Morgan fingerprint density at radius 1 is 1.38 bits per heavy atom. The molecule has 1 aromatic heterocycles. The number of hydrogen-bond donors (Lipinski definition) is 1. The number of aliphatic carboxylic acids is 1. The second-order valence-corrected chi connectivity index (χ2v) is 6.81. The van der Waals surface area contributed by atoms with Gasteiger partial charge in [-0.05, 0) is 38.0 Å². The number of fused-ring (bicyclic) bond motifs is 1. The lowest BCUT2D eigenvalue weighted by molar-refractivity contribution is -0.155. The highest BCUT2D eigenvalue weighted by Crippen LogP contribution is 2.32. The van der Waals surface area contributed by atoms with Gasteiger partial charge in [-0.25, -0.2) is 4.39 Å². The van der Waals surface area contributed by atoms with Crippen LogP contribution in [-0.4, -0.2) is 53.7 Å². The van der Waals surface area contributed by atoms with E-state index in [0.29, 0.717) is 41.5 Å². The van der Waals surface area contributed by atoms with Crippen LogP contribution in [0.15, 0.2) is 24.3 Å². The molecule has 0 radical (unpaired) electrons. The molecule has 2 heterocycles. The van der Waals surface area contributed by atoms with E-state index in [9.17, 15) is 19.1 Å². The number of methoxy groups -OCH3 is 1. The second-order valence-electron chi connectivity index (χ2n) is 6.81. The molecular weight excluding hydrogens is 339 g/mol. The number of carboxylic acid groups (broad SMARTS) is 1. The third-order valence-corrected chi connectivity index (χ3v) is 4.94. The number of pyridine rings is 1. The average molecular weight is 360 g/mol. The molecule has 6 nitrogen and oxygen atoms in total. The number of amides is 1. The number of carboxylic acids is 1. The minimum atomic E-state index is -1.09. The number of aromatic nitrogens is 1. The molecule has 1 atom stereocenters. The summed E-state index contributed by atoms with van der Waals surface area (Å²) in [5, 5.41) is 10.3. The minimum absolute atomic E-state index is 0.0559. The first-order valence-electron chi connectivity index (χ1n) is 8.45. The Morgan fingerprint density at radius 2 is 2.15 bits per heavy atom. The molecule has 3 rings (SSSR count). The minimum Gasteiger partial charge on any atom is -0.481 e. The van der Waals surface area contributed by atoms with Crippen molar-refractivity contribution in [3.8, 4) is 0 Å². The van der Waals surface area contributed by atoms with Crippen LogP contribution >= 0.6 is 0 Å². The lowest BCUT2D eigenvalue weighted by Gasteiger charge is -2.39. The standard InChI is InChI=1S/C19H21FN2O4/c1-12-15(8-13-4-5-14(20)9-16(13)21-12)17(23)22-7-3-6-19(10-22,11-26-2)18(24)25/h4-5,8-9H,3,6-7,10-11H2,1-2H3,(H,24,25). The van der Waals surface area contributed by atoms with Gasteiger partial charge in [0, 0.05) is 31.7 Å². The number of ether oxygens (including phenoxy) is 1. The van der Waals surface area contributed by atoms with Gasteiger partial charge in [-0.2, -0.15) is 0 Å². The van der Waals surface area contributed by atoms with Crippen LogP contribution in [0, 0.1) is 18.2 Å². The number of carbonyl (C=O) groups excluding carboxylic acids is 1. The van der Waals surface area contributed by atoms with Gasteiger partial charge in [-0.15, -0.1) is 0 Å². The van der Waals surface area contributed by atoms with Gasteiger partial charge in [-0.3, -0.25) is 14.6 Å². The van der Waals surface area contributed by atoms with Gasteiger partial charge in [0.15, 0.2) is 0 Å². The summed E-state index contributed by atoms with van der Waals surface area (Å²) in [6, 6.07) is 5.91. The predicted octanol–water partition coefficient (Wildman–Crippen LogP) is 2.64. The van der Waals surface area contributed by atoms with E-state index in [1.54, 1.807) is 24.0 Å². The molecule has 138 valence electrons. The molecule has 1 unspecified atom stereocenters. The first-order valence-corrected chi connectivity index (χ1v) is 8.45. The molecule has 1 aromatic carbocycles. The van der Waals surface area contributed by atoms with Crippen LogP contribution in [0.25, 0.3) is 10.9 Å². The van der Waals surface area contributed by atoms with Crippen molar-refractivity contribution in [3.63, 3.8) is 0 Å². The molecular formula is C19H21FN2O4. The largest absolute Gasteiger partial charge is 0.481 e. The number of piperidine rings is 1. The first kappa shape index (κ1) is 18.3. The summed E-state index contributed by atoms with van der Waals surface area (Å²) in [6.07, 6.45) is 1.06. The maximum Gasteiger partial charge on any atom is 0.313 e. The zero-order valence-electron chi connectivity index (χ0n) is 14.8. The van der Waals surface area contributed by atoms with E-state index in [1.165, 1.54) is 19.2 Å². The highest BCUT2D eigenvalue weighted by Gasteiger charge is 2.44. The second kappa shape index (κ2) is 6.99. The van der Waals surface area contributed by atoms with Crippen LogP contribution in [0.5, 0.6) is 0 Å². The predicted molar refractivity (Wildman–Crippen MR) is 93.5 cm³/mol. The topological polar surface area (TPSA) is 79.7 Å². The van der Waals surface area contributed by atoms with Crippen LogP contribution in [0.4, 0.5) is 4.39 Å². The van der Waals surface area contributed by atoms with Gasteiger partial charge < -0.3 is 14.7 Å². The maximum absolute atomic E-state index is 13.4. The monoisotopic (exact) mass is 360 g/mol. The Bertz CT molecular complexity index is 866. The number of hydrogen-bond acceptors (Lipinski definition) is 4. The Morgan fingerprint density at radius 3 is 2.85 bits per heavy atom. The molecule has 1 aliphatic heterocycles. The summed E-state index contributed by atoms with van der Waals surface area (Å²) in [5.74, 6) is -1.60. The van der Waals surface area contributed by atoms with E-state index in [1.807, 2.05) is 0 Å². The van der Waals surface area contributed by atoms with Crippen LogP contribution in [0.1, 0.15) is 28.9 Å². The van der Waals surface area contributed by atoms with Crippen LogP contribution in [0.2, 0.25) is 0 Å². The van der Waals surface area contributed by atoms with Gasteiger partial charge in [0.2, 0.25) is 0 Å². The van der Waals surface area contributed by atoms with E-state index in [2.05, 4.69) is 4.98 Å². The molecule has 0 saturated carbocycles. The van der Waals surface area contributed by atoms with Gasteiger partial charge in [0.1, 0.15) is 11.2 Å². The van der Waals surface area contributed by atoms with Crippen molar-refractivity contribution in [2.75, 3.05) is 26.8 Å². The Hall–Kier alpha value is -2.54. The molecule has 26 heavy (non-hydrogen) atoms. The van der Waals surface area contributed by atoms with Crippen molar-refractivity contribution >= 4 is 22.8 Å². The summed E-state index contributed by atoms with van der Waals surface area (Å²) in [7, 11) is 1.46. The third kappa shape index (κ3) is 3.26.